The fourth-order valence-corrected chi connectivity index (χ4v) is 3.86. The third-order valence-electron chi connectivity index (χ3n) is 5.48. The highest BCUT2D eigenvalue weighted by molar-refractivity contribution is 6.04. The number of carbonyl (C=O) groups excluding carboxylic acids is 1. The van der Waals surface area contributed by atoms with Crippen molar-refractivity contribution >= 4 is 29.3 Å². The topological polar surface area (TPSA) is 54.6 Å². The zero-order valence-corrected chi connectivity index (χ0v) is 15.0. The molecular weight excluding hydrogens is 366 g/mol. The number of H-pyrrole nitrogens is 1. The molecule has 0 aliphatic carbocycles. The number of halogens is 3. The van der Waals surface area contributed by atoms with Crippen LogP contribution < -0.4 is 4.74 Å². The predicted octanol–water partition coefficient (Wildman–Crippen LogP) is 3.83. The molecule has 2 aromatic rings. The second kappa shape index (κ2) is 7.40. The highest BCUT2D eigenvalue weighted by atomic mass is 35.5. The van der Waals surface area contributed by atoms with Gasteiger partial charge in [0.2, 0.25) is 0 Å². The van der Waals surface area contributed by atoms with Crippen LogP contribution in [0.15, 0.2) is 24.4 Å². The molecule has 0 amide bonds. The first kappa shape index (κ1) is 18.9. The van der Waals surface area contributed by atoms with Crippen LogP contribution in [0, 0.1) is 5.41 Å². The van der Waals surface area contributed by atoms with E-state index >= 15 is 0 Å². The number of nitrogens with one attached hydrogen (secondary N) is 1. The van der Waals surface area contributed by atoms with Gasteiger partial charge in [-0.2, -0.15) is 8.78 Å². The van der Waals surface area contributed by atoms with Gasteiger partial charge >= 0.3 is 12.6 Å². The van der Waals surface area contributed by atoms with Crippen LogP contribution >= 0.6 is 12.4 Å². The van der Waals surface area contributed by atoms with Gasteiger partial charge in [-0.3, -0.25) is 0 Å². The van der Waals surface area contributed by atoms with Crippen molar-refractivity contribution in [2.24, 2.45) is 5.41 Å². The van der Waals surface area contributed by atoms with E-state index in [4.69, 9.17) is 4.74 Å². The fraction of sp³-hybridized carbons (Fsp3) is 0.500. The largest absolute Gasteiger partial charge is 0.461 e. The van der Waals surface area contributed by atoms with Crippen LogP contribution in [0.3, 0.4) is 0 Å². The maximum absolute atomic E-state index is 12.5. The van der Waals surface area contributed by atoms with Gasteiger partial charge in [0.05, 0.1) is 12.2 Å². The molecule has 1 aromatic carbocycles. The molecule has 0 radical (unpaired) electrons. The molecular formula is C18H21ClF2N2O3. The molecule has 2 bridgehead atoms. The van der Waals surface area contributed by atoms with Gasteiger partial charge in [-0.25, -0.2) is 4.79 Å². The number of aromatic amines is 1. The number of fused-ring (bicyclic) bond motifs is 4. The standard InChI is InChI=1S/C18H20F2N2O3.ClH/c19-17(20)25-12-1-2-13-14(10-21-15(13)9-12)16(23)24-11-18-3-6-22(7-4-18)8-5-18;/h1-2,9-10,17,21H,3-8,11H2;1H. The van der Waals surface area contributed by atoms with Crippen molar-refractivity contribution in [3.05, 3.63) is 30.0 Å². The molecule has 3 saturated heterocycles. The second-order valence-corrected chi connectivity index (χ2v) is 6.96. The SMILES string of the molecule is Cl.O=C(OCC12CCN(CC1)CC2)c1c[nH]c2cc(OC(F)F)ccc12. The van der Waals surface area contributed by atoms with E-state index in [-0.39, 0.29) is 29.5 Å². The summed E-state index contributed by atoms with van der Waals surface area (Å²) < 4.78 is 34.6. The number of ether oxygens (including phenoxy) is 2. The number of alkyl halides is 2. The lowest BCUT2D eigenvalue weighted by Crippen LogP contribution is -2.50. The van der Waals surface area contributed by atoms with E-state index in [1.165, 1.54) is 12.1 Å². The molecule has 0 spiro atoms. The van der Waals surface area contributed by atoms with Gasteiger partial charge < -0.3 is 19.4 Å². The van der Waals surface area contributed by atoms with Crippen molar-refractivity contribution in [3.63, 3.8) is 0 Å². The van der Waals surface area contributed by atoms with E-state index in [1.54, 1.807) is 12.3 Å². The van der Waals surface area contributed by atoms with Crippen molar-refractivity contribution in [1.82, 2.24) is 9.88 Å². The van der Waals surface area contributed by atoms with E-state index < -0.39 is 6.61 Å². The molecule has 0 atom stereocenters. The van der Waals surface area contributed by atoms with E-state index in [9.17, 15) is 13.6 Å². The average molecular weight is 387 g/mol. The summed E-state index contributed by atoms with van der Waals surface area (Å²) in [7, 11) is 0. The number of aromatic nitrogens is 1. The van der Waals surface area contributed by atoms with E-state index in [2.05, 4.69) is 14.6 Å². The van der Waals surface area contributed by atoms with Crippen LogP contribution in [-0.2, 0) is 4.74 Å². The molecule has 1 N–H and O–H groups in total. The van der Waals surface area contributed by atoms with Crippen LogP contribution in [0.5, 0.6) is 5.75 Å². The van der Waals surface area contributed by atoms with Gasteiger partial charge in [0.1, 0.15) is 5.75 Å². The number of esters is 1. The summed E-state index contributed by atoms with van der Waals surface area (Å²) in [5.41, 5.74) is 1.10. The molecule has 3 aliphatic rings. The highest BCUT2D eigenvalue weighted by Gasteiger charge is 2.40. The lowest BCUT2D eigenvalue weighted by molar-refractivity contribution is -0.0497. The Labute approximate surface area is 156 Å². The maximum Gasteiger partial charge on any atom is 0.387 e. The number of rotatable bonds is 5. The molecule has 1 aromatic heterocycles. The van der Waals surface area contributed by atoms with Crippen LogP contribution in [0.4, 0.5) is 8.78 Å². The molecule has 142 valence electrons. The Hall–Kier alpha value is -1.86. The minimum Gasteiger partial charge on any atom is -0.461 e. The molecule has 8 heteroatoms. The average Bonchev–Trinajstić information content (AvgIpc) is 3.04. The zero-order chi connectivity index (χ0) is 17.4. The minimum atomic E-state index is -2.88. The first-order valence-corrected chi connectivity index (χ1v) is 8.50. The van der Waals surface area contributed by atoms with E-state index in [1.807, 2.05) is 0 Å². The van der Waals surface area contributed by atoms with Gasteiger partial charge in [-0.15, -0.1) is 12.4 Å². The van der Waals surface area contributed by atoms with E-state index in [0.29, 0.717) is 23.1 Å². The lowest BCUT2D eigenvalue weighted by Gasteiger charge is -2.47. The summed E-state index contributed by atoms with van der Waals surface area (Å²) in [6.45, 7) is 0.809. The first-order valence-electron chi connectivity index (χ1n) is 8.50. The maximum atomic E-state index is 12.5. The molecule has 5 nitrogen and oxygen atoms in total. The Morgan fingerprint density at radius 1 is 1.23 bits per heavy atom. The van der Waals surface area contributed by atoms with Crippen molar-refractivity contribution in [1.29, 1.82) is 0 Å². The van der Waals surface area contributed by atoms with Gasteiger partial charge in [0.15, 0.2) is 0 Å². The summed E-state index contributed by atoms with van der Waals surface area (Å²) >= 11 is 0. The molecule has 0 saturated carbocycles. The molecule has 5 rings (SSSR count). The van der Waals surface area contributed by atoms with Crippen LogP contribution in [0.1, 0.15) is 29.6 Å². The lowest BCUT2D eigenvalue weighted by atomic mass is 9.73. The van der Waals surface area contributed by atoms with Gasteiger partial charge in [0, 0.05) is 28.6 Å². The summed E-state index contributed by atoms with van der Waals surface area (Å²) in [6.07, 6.45) is 4.77. The molecule has 0 unspecified atom stereocenters. The quantitative estimate of drug-likeness (QED) is 0.793. The Kier molecular flexibility index (Phi) is 5.39. The van der Waals surface area contributed by atoms with Gasteiger partial charge in [-0.1, -0.05) is 0 Å². The Balaban J connectivity index is 0.00000196. The third kappa shape index (κ3) is 3.64. The first-order chi connectivity index (χ1) is 12.0. The van der Waals surface area contributed by atoms with Crippen molar-refractivity contribution in [2.45, 2.75) is 25.9 Å². The Morgan fingerprint density at radius 2 is 1.92 bits per heavy atom. The molecule has 3 aliphatic heterocycles. The number of nitrogens with zero attached hydrogens (tertiary/aromatic N) is 1. The number of piperidine rings is 3. The molecule has 4 heterocycles. The highest BCUT2D eigenvalue weighted by Crippen LogP contribution is 2.40. The molecule has 3 fully saturated rings. The predicted molar refractivity (Wildman–Crippen MR) is 95.2 cm³/mol. The second-order valence-electron chi connectivity index (χ2n) is 6.96. The van der Waals surface area contributed by atoms with Crippen molar-refractivity contribution in [2.75, 3.05) is 26.2 Å². The van der Waals surface area contributed by atoms with Crippen LogP contribution in [0.2, 0.25) is 0 Å². The van der Waals surface area contributed by atoms with E-state index in [0.717, 1.165) is 38.9 Å². The Morgan fingerprint density at radius 3 is 2.58 bits per heavy atom. The van der Waals surface area contributed by atoms with Crippen molar-refractivity contribution < 1.29 is 23.0 Å². The van der Waals surface area contributed by atoms with Crippen LogP contribution in [0.25, 0.3) is 10.9 Å². The monoisotopic (exact) mass is 386 g/mol. The fourth-order valence-electron chi connectivity index (χ4n) is 3.86. The van der Waals surface area contributed by atoms with Crippen LogP contribution in [-0.4, -0.2) is 48.7 Å². The zero-order valence-electron chi connectivity index (χ0n) is 14.2. The Bertz CT molecular complexity index is 774. The van der Waals surface area contributed by atoms with Gasteiger partial charge in [-0.05, 0) is 51.0 Å². The summed E-state index contributed by atoms with van der Waals surface area (Å²) in [4.78, 5) is 17.9. The van der Waals surface area contributed by atoms with Crippen molar-refractivity contribution in [3.8, 4) is 5.75 Å². The minimum absolute atomic E-state index is 0. The summed E-state index contributed by atoms with van der Waals surface area (Å²) in [5.74, 6) is -0.326. The number of carbonyl (C=O) groups is 1. The van der Waals surface area contributed by atoms with Gasteiger partial charge in [0.25, 0.3) is 0 Å². The summed E-state index contributed by atoms with van der Waals surface area (Å²) in [5, 5.41) is 0.641. The number of benzene rings is 1. The number of hydrogen-bond donors (Lipinski definition) is 1. The molecule has 26 heavy (non-hydrogen) atoms. The third-order valence-corrected chi connectivity index (χ3v) is 5.48. The summed E-state index contributed by atoms with van der Waals surface area (Å²) in [6, 6.07) is 4.47. The smallest absolute Gasteiger partial charge is 0.387 e. The number of hydrogen-bond acceptors (Lipinski definition) is 4. The normalized spacial score (nSPS) is 24.5.